The van der Waals surface area contributed by atoms with E-state index in [2.05, 4.69) is 216 Å². The third kappa shape index (κ3) is 4.50. The van der Waals surface area contributed by atoms with Gasteiger partial charge in [0.25, 0.3) is 6.71 Å². The molecule has 10 aromatic rings. The monoisotopic (exact) mass is 848 g/mol. The van der Waals surface area contributed by atoms with Crippen LogP contribution >= 0.6 is 0 Å². The fourth-order valence-electron chi connectivity index (χ4n) is 13.1. The molecule has 1 spiro atoms. The van der Waals surface area contributed by atoms with Gasteiger partial charge in [0.05, 0.1) is 16.6 Å². The maximum Gasteiger partial charge on any atom is 0.252 e. The smallest absolute Gasteiger partial charge is 0.252 e. The molecule has 1 aliphatic carbocycles. The van der Waals surface area contributed by atoms with E-state index in [9.17, 15) is 0 Å². The lowest BCUT2D eigenvalue weighted by Gasteiger charge is -2.44. The Balaban J connectivity index is 1.24. The van der Waals surface area contributed by atoms with Crippen LogP contribution in [0.25, 0.3) is 77.6 Å². The van der Waals surface area contributed by atoms with E-state index >= 15 is 0 Å². The summed E-state index contributed by atoms with van der Waals surface area (Å²) in [6, 6.07) is 60.0. The van der Waals surface area contributed by atoms with Gasteiger partial charge in [0.2, 0.25) is 0 Å². The molecule has 8 aromatic carbocycles. The molecule has 0 saturated carbocycles. The van der Waals surface area contributed by atoms with Crippen molar-refractivity contribution in [3.8, 4) is 44.9 Å². The van der Waals surface area contributed by atoms with Gasteiger partial charge in [-0.15, -0.1) is 0 Å². The zero-order valence-electron chi connectivity index (χ0n) is 39.3. The van der Waals surface area contributed by atoms with Crippen LogP contribution in [0.5, 0.6) is 0 Å². The largest absolute Gasteiger partial charge is 0.310 e. The molecule has 0 saturated heterocycles. The Bertz CT molecular complexity index is 3750. The molecule has 3 aliphatic heterocycles. The minimum Gasteiger partial charge on any atom is -0.310 e. The predicted molar refractivity (Wildman–Crippen MR) is 280 cm³/mol. The van der Waals surface area contributed by atoms with Gasteiger partial charge in [-0.1, -0.05) is 186 Å². The highest BCUT2D eigenvalue weighted by Gasteiger charge is 2.55. The summed E-state index contributed by atoms with van der Waals surface area (Å²) in [5.41, 5.74) is 29.2. The van der Waals surface area contributed by atoms with Crippen LogP contribution in [0.2, 0.25) is 0 Å². The number of nitrogens with zero attached hydrogens (tertiary/aromatic N) is 2. The van der Waals surface area contributed by atoms with Gasteiger partial charge in [-0.05, 0) is 128 Å². The van der Waals surface area contributed by atoms with Gasteiger partial charge in [-0.25, -0.2) is 0 Å². The Morgan fingerprint density at radius 3 is 1.70 bits per heavy atom. The number of aromatic nitrogens is 2. The second-order valence-electron chi connectivity index (χ2n) is 21.4. The molecule has 0 atom stereocenters. The highest BCUT2D eigenvalue weighted by molar-refractivity contribution is 7.00. The van der Waals surface area contributed by atoms with Crippen molar-refractivity contribution >= 4 is 55.8 Å². The topological polar surface area (TPSA) is 9.86 Å². The molecule has 4 aliphatic rings. The number of hydrogen-bond acceptors (Lipinski definition) is 0. The maximum atomic E-state index is 2.78. The first-order valence-corrected chi connectivity index (χ1v) is 24.3. The number of hydrogen-bond donors (Lipinski definition) is 0. The van der Waals surface area contributed by atoms with E-state index in [4.69, 9.17) is 0 Å². The molecular weight excluding hydrogens is 796 g/mol. The molecule has 0 N–H and O–H groups in total. The molecule has 0 unspecified atom stereocenters. The van der Waals surface area contributed by atoms with Gasteiger partial charge in [-0.3, -0.25) is 0 Å². The molecule has 2 nitrogen and oxygen atoms in total. The molecule has 2 aromatic heterocycles. The van der Waals surface area contributed by atoms with Crippen LogP contribution in [0.1, 0.15) is 98.9 Å². The highest BCUT2D eigenvalue weighted by Crippen LogP contribution is 2.62. The Kier molecular flexibility index (Phi) is 7.42. The van der Waals surface area contributed by atoms with Crippen molar-refractivity contribution in [1.82, 2.24) is 9.13 Å². The van der Waals surface area contributed by atoms with Gasteiger partial charge in [0.1, 0.15) is 0 Å². The Hall–Kier alpha value is -6.84. The lowest BCUT2D eigenvalue weighted by Crippen LogP contribution is -2.60. The van der Waals surface area contributed by atoms with Crippen LogP contribution in [-0.2, 0) is 16.2 Å². The first-order valence-electron chi connectivity index (χ1n) is 24.3. The first kappa shape index (κ1) is 38.4. The van der Waals surface area contributed by atoms with Crippen molar-refractivity contribution in [3.05, 3.63) is 196 Å². The molecular formula is C63H53BN2. The molecule has 5 heterocycles. The summed E-state index contributed by atoms with van der Waals surface area (Å²) < 4.78 is 5.46. The lowest BCUT2D eigenvalue weighted by atomic mass is 9.33. The molecule has 0 fully saturated rings. The zero-order valence-corrected chi connectivity index (χ0v) is 39.3. The summed E-state index contributed by atoms with van der Waals surface area (Å²) >= 11 is 0. The van der Waals surface area contributed by atoms with E-state index in [1.54, 1.807) is 0 Å². The molecule has 14 rings (SSSR count). The lowest BCUT2D eigenvalue weighted by molar-refractivity contribution is 0.505. The van der Waals surface area contributed by atoms with Gasteiger partial charge in [0, 0.05) is 44.1 Å². The van der Waals surface area contributed by atoms with Crippen LogP contribution in [0, 0.1) is 13.8 Å². The fourth-order valence-corrected chi connectivity index (χ4v) is 13.1. The van der Waals surface area contributed by atoms with E-state index in [-0.39, 0.29) is 17.5 Å². The van der Waals surface area contributed by atoms with E-state index in [0.29, 0.717) is 0 Å². The van der Waals surface area contributed by atoms with E-state index in [1.807, 2.05) is 0 Å². The van der Waals surface area contributed by atoms with E-state index < -0.39 is 5.41 Å². The molecule has 3 heteroatoms. The van der Waals surface area contributed by atoms with Gasteiger partial charge < -0.3 is 9.13 Å². The summed E-state index contributed by atoms with van der Waals surface area (Å²) in [6.45, 7) is 18.9. The third-order valence-electron chi connectivity index (χ3n) is 17.3. The molecule has 0 amide bonds. The van der Waals surface area contributed by atoms with E-state index in [1.165, 1.54) is 138 Å². The third-order valence-corrected chi connectivity index (χ3v) is 17.3. The Morgan fingerprint density at radius 1 is 0.485 bits per heavy atom. The quantitative estimate of drug-likeness (QED) is 0.148. The number of para-hydroxylation sites is 1. The summed E-state index contributed by atoms with van der Waals surface area (Å²) in [7, 11) is 0. The van der Waals surface area contributed by atoms with Crippen LogP contribution in [0.15, 0.2) is 152 Å². The van der Waals surface area contributed by atoms with Crippen molar-refractivity contribution in [1.29, 1.82) is 0 Å². The number of fused-ring (bicyclic) bond motifs is 11. The molecule has 0 bridgehead atoms. The summed E-state index contributed by atoms with van der Waals surface area (Å²) in [5, 5.41) is 4.09. The molecule has 318 valence electrons. The second kappa shape index (κ2) is 12.7. The number of rotatable bonds is 6. The van der Waals surface area contributed by atoms with Crippen molar-refractivity contribution in [2.24, 2.45) is 0 Å². The fraction of sp³-hybridized carbons (Fsp3) is 0.206. The Morgan fingerprint density at radius 2 is 1.06 bits per heavy atom. The number of benzene rings is 8. The highest BCUT2D eigenvalue weighted by atomic mass is 15.1. The normalized spacial score (nSPS) is 14.6. The first-order chi connectivity index (χ1) is 32.0. The van der Waals surface area contributed by atoms with Crippen molar-refractivity contribution < 1.29 is 0 Å². The Labute approximate surface area is 388 Å². The average Bonchev–Trinajstić information content (AvgIpc) is 3.97. The zero-order chi connectivity index (χ0) is 44.8. The summed E-state index contributed by atoms with van der Waals surface area (Å²) in [6.07, 6.45) is 2.11. The van der Waals surface area contributed by atoms with Crippen LogP contribution in [-0.4, -0.2) is 15.8 Å². The number of aryl methyl sites for hydroxylation is 2. The van der Waals surface area contributed by atoms with Gasteiger partial charge in [-0.2, -0.15) is 0 Å². The van der Waals surface area contributed by atoms with E-state index in [0.717, 1.165) is 12.8 Å². The van der Waals surface area contributed by atoms with Gasteiger partial charge >= 0.3 is 0 Å². The predicted octanol–water partition coefficient (Wildman–Crippen LogP) is 13.9. The standard InChI is InChI=1S/C63H53BN2/c1-9-61(5,6)40-32-45-46-33-41(62(7,8)10-2)35-52-59(46)66-57(45)50(34-40)63(47-19-13-11-16-42(47)43-17-12-14-20-48(43)63)49-30-31-53-55(60(49)66)64(52)51-21-15-18-44-54(38-26-22-36(3)23-27-38)56(65(53)58(44)51)39-28-24-37(4)25-29-39/h11-35H,9-10H2,1-8H3. The minimum absolute atomic E-state index is 0.0178. The summed E-state index contributed by atoms with van der Waals surface area (Å²) in [4.78, 5) is 0. The average molecular weight is 849 g/mol. The van der Waals surface area contributed by atoms with Crippen molar-refractivity contribution in [2.75, 3.05) is 0 Å². The SMILES string of the molecule is CCC(C)(C)c1cc2c3c(c1)c1cc(C(C)(C)CC)cc4c1n3-c1c(ccc3c1B2c1cccc2c(-c5ccc(C)cc5)c(-c5ccc(C)cc5)n-3c12)C41c2ccccc2-c2ccccc21. The van der Waals surface area contributed by atoms with Gasteiger partial charge in [0.15, 0.2) is 0 Å². The van der Waals surface area contributed by atoms with Crippen LogP contribution in [0.3, 0.4) is 0 Å². The van der Waals surface area contributed by atoms with Crippen LogP contribution < -0.4 is 16.4 Å². The van der Waals surface area contributed by atoms with Crippen molar-refractivity contribution in [2.45, 2.75) is 84.5 Å². The molecule has 66 heavy (non-hydrogen) atoms. The maximum absolute atomic E-state index is 2.78. The van der Waals surface area contributed by atoms with Crippen LogP contribution in [0.4, 0.5) is 0 Å². The van der Waals surface area contributed by atoms with Crippen molar-refractivity contribution in [3.63, 3.8) is 0 Å². The molecule has 0 radical (unpaired) electrons. The minimum atomic E-state index is -0.524. The second-order valence-corrected chi connectivity index (χ2v) is 21.4. The summed E-state index contributed by atoms with van der Waals surface area (Å²) in [5.74, 6) is 0.